The van der Waals surface area contributed by atoms with E-state index in [-0.39, 0.29) is 19.0 Å². The molecule has 33 heavy (non-hydrogen) atoms. The van der Waals surface area contributed by atoms with Crippen LogP contribution >= 0.6 is 11.8 Å². The minimum Gasteiger partial charge on any atom is -0.477 e. The maximum Gasteiger partial charge on any atom is 0.341 e. The van der Waals surface area contributed by atoms with Gasteiger partial charge in [0.15, 0.2) is 17.5 Å². The molecule has 11 heteroatoms. The van der Waals surface area contributed by atoms with Gasteiger partial charge >= 0.3 is 5.97 Å². The summed E-state index contributed by atoms with van der Waals surface area (Å²) in [5, 5.41) is 8.19. The van der Waals surface area contributed by atoms with Crippen LogP contribution in [0.3, 0.4) is 0 Å². The minimum absolute atomic E-state index is 0.101. The number of rotatable bonds is 5. The van der Waals surface area contributed by atoms with Crippen molar-refractivity contribution in [1.29, 1.82) is 0 Å². The number of hydrogen-bond donors (Lipinski definition) is 1. The molecule has 4 rings (SSSR count). The van der Waals surface area contributed by atoms with Crippen molar-refractivity contribution in [1.82, 2.24) is 4.57 Å². The zero-order chi connectivity index (χ0) is 24.0. The molecule has 174 valence electrons. The monoisotopic (exact) mass is 484 g/mol. The average Bonchev–Trinajstić information content (AvgIpc) is 3.20. The maximum atomic E-state index is 15.8. The number of hydrogen-bond acceptors (Lipinski definition) is 4. The van der Waals surface area contributed by atoms with Crippen LogP contribution in [0, 0.1) is 35.0 Å². The van der Waals surface area contributed by atoms with Gasteiger partial charge in [0, 0.05) is 25.4 Å². The third kappa shape index (κ3) is 3.84. The lowest BCUT2D eigenvalue weighted by molar-refractivity contribution is 0.0695. The van der Waals surface area contributed by atoms with Crippen molar-refractivity contribution in [2.24, 2.45) is 5.92 Å². The number of carboxylic acids is 1. The average molecular weight is 484 g/mol. The van der Waals surface area contributed by atoms with Gasteiger partial charge in [-0.3, -0.25) is 4.79 Å². The van der Waals surface area contributed by atoms with Gasteiger partial charge in [-0.15, -0.1) is 0 Å². The first kappa shape index (κ1) is 23.1. The first-order valence-corrected chi connectivity index (χ1v) is 11.2. The summed E-state index contributed by atoms with van der Waals surface area (Å²) in [6, 6.07) is 2.17. The van der Waals surface area contributed by atoms with Crippen molar-refractivity contribution in [2.45, 2.75) is 6.42 Å². The zero-order valence-corrected chi connectivity index (χ0v) is 18.0. The van der Waals surface area contributed by atoms with Crippen LogP contribution in [0.2, 0.25) is 0 Å². The van der Waals surface area contributed by atoms with Crippen molar-refractivity contribution >= 4 is 34.3 Å². The summed E-state index contributed by atoms with van der Waals surface area (Å²) >= 11 is 1.56. The molecule has 1 fully saturated rings. The Morgan fingerprint density at radius 2 is 1.88 bits per heavy atom. The molecule has 0 bridgehead atoms. The third-order valence-corrected chi connectivity index (χ3v) is 6.45. The second-order valence-corrected chi connectivity index (χ2v) is 8.62. The fourth-order valence-corrected chi connectivity index (χ4v) is 4.90. The van der Waals surface area contributed by atoms with Crippen LogP contribution in [0.4, 0.5) is 27.6 Å². The van der Waals surface area contributed by atoms with Crippen molar-refractivity contribution < 1.29 is 31.9 Å². The predicted molar refractivity (Wildman–Crippen MR) is 115 cm³/mol. The van der Waals surface area contributed by atoms with E-state index in [9.17, 15) is 23.5 Å². The molecule has 1 unspecified atom stereocenters. The fourth-order valence-electron chi connectivity index (χ4n) is 4.16. The van der Waals surface area contributed by atoms with Crippen LogP contribution in [0.5, 0.6) is 0 Å². The summed E-state index contributed by atoms with van der Waals surface area (Å²) in [7, 11) is 0. The summed E-state index contributed by atoms with van der Waals surface area (Å²) in [6.07, 6.45) is 3.11. The van der Waals surface area contributed by atoms with Gasteiger partial charge in [-0.1, -0.05) is 0 Å². The molecule has 0 aliphatic carbocycles. The molecule has 2 heterocycles. The summed E-state index contributed by atoms with van der Waals surface area (Å²) in [6.45, 7) is 0.467. The van der Waals surface area contributed by atoms with Gasteiger partial charge in [-0.05, 0) is 36.5 Å². The van der Waals surface area contributed by atoms with Gasteiger partial charge < -0.3 is 14.6 Å². The van der Waals surface area contributed by atoms with Gasteiger partial charge in [0.05, 0.1) is 16.6 Å². The number of pyridine rings is 1. The number of aromatic carboxylic acids is 1. The summed E-state index contributed by atoms with van der Waals surface area (Å²) < 4.78 is 74.6. The van der Waals surface area contributed by atoms with Crippen LogP contribution in [-0.4, -0.2) is 40.7 Å². The fraction of sp³-hybridized carbons (Fsp3) is 0.273. The number of halogens is 5. The molecule has 0 spiro atoms. The highest BCUT2D eigenvalue weighted by Crippen LogP contribution is 2.37. The second kappa shape index (κ2) is 8.69. The van der Waals surface area contributed by atoms with Crippen LogP contribution in [0.25, 0.3) is 16.6 Å². The second-order valence-electron chi connectivity index (χ2n) is 7.71. The molecular weight excluding hydrogens is 467 g/mol. The molecule has 1 aliphatic rings. The number of thioether (sulfide) groups is 1. The molecule has 0 amide bonds. The molecule has 0 saturated carbocycles. The van der Waals surface area contributed by atoms with Gasteiger partial charge in [0.1, 0.15) is 22.9 Å². The topological polar surface area (TPSA) is 62.5 Å². The lowest BCUT2D eigenvalue weighted by Crippen LogP contribution is -2.26. The molecule has 5 nitrogen and oxygen atoms in total. The number of carboxylic acid groups (broad SMARTS) is 1. The van der Waals surface area contributed by atoms with Crippen LogP contribution < -0.4 is 10.3 Å². The van der Waals surface area contributed by atoms with Gasteiger partial charge in [-0.2, -0.15) is 11.8 Å². The lowest BCUT2D eigenvalue weighted by atomic mass is 10.1. The van der Waals surface area contributed by atoms with E-state index >= 15 is 13.2 Å². The van der Waals surface area contributed by atoms with Crippen LogP contribution in [0.15, 0.2) is 29.2 Å². The van der Waals surface area contributed by atoms with E-state index < -0.39 is 68.3 Å². The minimum atomic E-state index is -1.80. The predicted octanol–water partition coefficient (Wildman–Crippen LogP) is 4.57. The summed E-state index contributed by atoms with van der Waals surface area (Å²) in [5.74, 6) is -7.87. The Morgan fingerprint density at radius 3 is 2.52 bits per heavy atom. The number of nitrogens with zero attached hydrogens (tertiary/aromatic N) is 2. The van der Waals surface area contributed by atoms with E-state index in [2.05, 4.69) is 0 Å². The molecule has 2 aromatic carbocycles. The first-order valence-electron chi connectivity index (χ1n) is 9.84. The number of aromatic nitrogens is 1. The molecule has 1 atom stereocenters. The SMILES string of the molecule is CSCC1CCN(c2c(F)c(F)c3c(=O)c(C(=O)O)cn(-c4ccc(F)cc4F)c3c2F)C1. The Hall–Kier alpha value is -3.08. The van der Waals surface area contributed by atoms with E-state index in [0.29, 0.717) is 23.3 Å². The van der Waals surface area contributed by atoms with E-state index in [1.165, 1.54) is 4.90 Å². The molecule has 1 N–H and O–H groups in total. The van der Waals surface area contributed by atoms with E-state index in [1.807, 2.05) is 6.26 Å². The van der Waals surface area contributed by atoms with Gasteiger partial charge in [0.25, 0.3) is 0 Å². The zero-order valence-electron chi connectivity index (χ0n) is 17.2. The molecule has 1 aromatic heterocycles. The molecule has 0 radical (unpaired) electrons. The van der Waals surface area contributed by atoms with Gasteiger partial charge in [0.2, 0.25) is 5.43 Å². The first-order chi connectivity index (χ1) is 15.6. The highest BCUT2D eigenvalue weighted by Gasteiger charge is 2.33. The Morgan fingerprint density at radius 1 is 1.15 bits per heavy atom. The largest absolute Gasteiger partial charge is 0.477 e. The van der Waals surface area contributed by atoms with Crippen molar-refractivity contribution in [3.8, 4) is 5.69 Å². The van der Waals surface area contributed by atoms with E-state index in [4.69, 9.17) is 0 Å². The van der Waals surface area contributed by atoms with Crippen molar-refractivity contribution in [3.05, 3.63) is 69.3 Å². The standard InChI is InChI=1S/C22H17F5N2O3S/c1-33-9-10-4-5-28(7-10)20-17(26)16(25)15-19(18(20)27)29(8-12(21(15)30)22(31)32)14-3-2-11(23)6-13(14)24/h2-3,6,8,10H,4-5,7,9H2,1H3,(H,31,32). The van der Waals surface area contributed by atoms with Crippen molar-refractivity contribution in [2.75, 3.05) is 30.0 Å². The van der Waals surface area contributed by atoms with E-state index in [1.54, 1.807) is 11.8 Å². The Kier molecular flexibility index (Phi) is 6.08. The quantitative estimate of drug-likeness (QED) is 0.425. The number of benzene rings is 2. The summed E-state index contributed by atoms with van der Waals surface area (Å²) in [4.78, 5) is 25.5. The molecular formula is C22H17F5N2O3S. The number of fused-ring (bicyclic) bond motifs is 1. The highest BCUT2D eigenvalue weighted by atomic mass is 32.2. The van der Waals surface area contributed by atoms with Crippen LogP contribution in [0.1, 0.15) is 16.8 Å². The summed E-state index contributed by atoms with van der Waals surface area (Å²) in [5.41, 5.74) is -4.58. The molecule has 1 saturated heterocycles. The number of anilines is 1. The highest BCUT2D eigenvalue weighted by molar-refractivity contribution is 7.98. The Balaban J connectivity index is 2.09. The molecule has 3 aromatic rings. The smallest absolute Gasteiger partial charge is 0.341 e. The van der Waals surface area contributed by atoms with Gasteiger partial charge in [-0.25, -0.2) is 26.7 Å². The Bertz CT molecular complexity index is 1340. The maximum absolute atomic E-state index is 15.8. The molecule has 1 aliphatic heterocycles. The lowest BCUT2D eigenvalue weighted by Gasteiger charge is -2.23. The number of carbonyl (C=O) groups is 1. The third-order valence-electron chi connectivity index (χ3n) is 5.65. The Labute approximate surface area is 188 Å². The van der Waals surface area contributed by atoms with Crippen molar-refractivity contribution in [3.63, 3.8) is 0 Å². The normalized spacial score (nSPS) is 16.1. The van der Waals surface area contributed by atoms with Crippen LogP contribution in [-0.2, 0) is 0 Å². The van der Waals surface area contributed by atoms with E-state index in [0.717, 1.165) is 17.9 Å².